The Morgan fingerprint density at radius 3 is 2.62 bits per heavy atom. The van der Waals surface area contributed by atoms with Gasteiger partial charge in [-0.25, -0.2) is 0 Å². The second-order valence-corrected chi connectivity index (χ2v) is 5.84. The van der Waals surface area contributed by atoms with Gasteiger partial charge < -0.3 is 14.5 Å². The van der Waals surface area contributed by atoms with Gasteiger partial charge in [-0.3, -0.25) is 10.2 Å². The van der Waals surface area contributed by atoms with Gasteiger partial charge in [0.15, 0.2) is 0 Å². The van der Waals surface area contributed by atoms with Crippen molar-refractivity contribution in [1.29, 1.82) is 5.41 Å². The summed E-state index contributed by atoms with van der Waals surface area (Å²) in [6.07, 6.45) is 0. The minimum atomic E-state index is -0.418. The van der Waals surface area contributed by atoms with Crippen LogP contribution in [0.25, 0.3) is 21.7 Å². The number of ether oxygens (including phenoxy) is 1. The second kappa shape index (κ2) is 6.37. The Bertz CT molecular complexity index is 1190. The van der Waals surface area contributed by atoms with Crippen LogP contribution in [0.5, 0.6) is 5.75 Å². The summed E-state index contributed by atoms with van der Waals surface area (Å²) in [6, 6.07) is 20.4. The highest BCUT2D eigenvalue weighted by atomic mass is 16.5. The molecule has 0 fully saturated rings. The molecule has 0 atom stereocenters. The van der Waals surface area contributed by atoms with Crippen LogP contribution in [0.3, 0.4) is 0 Å². The molecule has 0 bridgehead atoms. The molecule has 0 radical (unpaired) electrons. The smallest absolute Gasteiger partial charge is 0.261 e. The van der Waals surface area contributed by atoms with Gasteiger partial charge >= 0.3 is 0 Å². The third-order valence-electron chi connectivity index (χ3n) is 4.28. The molecule has 0 aliphatic carbocycles. The van der Waals surface area contributed by atoms with E-state index in [1.54, 1.807) is 31.4 Å². The molecule has 4 rings (SSSR count). The third kappa shape index (κ3) is 2.69. The Labute approximate surface area is 149 Å². The van der Waals surface area contributed by atoms with Crippen molar-refractivity contribution >= 4 is 33.3 Å². The van der Waals surface area contributed by atoms with Crippen molar-refractivity contribution in [3.8, 4) is 5.75 Å². The van der Waals surface area contributed by atoms with Crippen LogP contribution in [0.4, 0.5) is 5.69 Å². The number of fused-ring (bicyclic) bond motifs is 3. The van der Waals surface area contributed by atoms with Gasteiger partial charge in [0.1, 0.15) is 16.9 Å². The first-order chi connectivity index (χ1) is 12.7. The number of hydrogen-bond acceptors (Lipinski definition) is 4. The first kappa shape index (κ1) is 15.9. The van der Waals surface area contributed by atoms with E-state index in [0.717, 1.165) is 16.2 Å². The molecule has 0 saturated carbocycles. The topological polar surface area (TPSA) is 75.3 Å². The lowest BCUT2D eigenvalue weighted by Gasteiger charge is -2.10. The van der Waals surface area contributed by atoms with Crippen LogP contribution in [0.15, 0.2) is 71.1 Å². The monoisotopic (exact) mass is 344 g/mol. The van der Waals surface area contributed by atoms with Crippen molar-refractivity contribution in [3.63, 3.8) is 0 Å². The van der Waals surface area contributed by atoms with E-state index < -0.39 is 5.91 Å². The molecule has 1 amide bonds. The van der Waals surface area contributed by atoms with Crippen molar-refractivity contribution in [1.82, 2.24) is 0 Å². The number of nitrogens with one attached hydrogen (secondary N) is 2. The standard InChI is InChI=1S/C21H16N2O3/c1-25-19-9-5-4-8-17(19)23-21(24)16-12-15-14-7-3-2-6-13(14)10-11-18(15)26-20(16)22/h2-12,22H,1H3,(H,23,24). The summed E-state index contributed by atoms with van der Waals surface area (Å²) in [6.45, 7) is 0. The molecule has 2 N–H and O–H groups in total. The Kier molecular flexibility index (Phi) is 3.89. The Hall–Kier alpha value is -3.60. The summed E-state index contributed by atoms with van der Waals surface area (Å²) in [5.74, 6) is 0.133. The normalized spacial score (nSPS) is 10.8. The average Bonchev–Trinajstić information content (AvgIpc) is 2.67. The lowest BCUT2D eigenvalue weighted by molar-refractivity contribution is 0.102. The molecule has 5 nitrogen and oxygen atoms in total. The van der Waals surface area contributed by atoms with E-state index >= 15 is 0 Å². The van der Waals surface area contributed by atoms with Crippen molar-refractivity contribution in [2.45, 2.75) is 0 Å². The summed E-state index contributed by atoms with van der Waals surface area (Å²) in [7, 11) is 1.54. The first-order valence-electron chi connectivity index (χ1n) is 8.12. The molecule has 128 valence electrons. The van der Waals surface area contributed by atoms with Crippen LogP contribution in [0.2, 0.25) is 0 Å². The molecule has 0 saturated heterocycles. The van der Waals surface area contributed by atoms with Crippen LogP contribution in [-0.4, -0.2) is 13.0 Å². The molecule has 0 aliphatic rings. The summed E-state index contributed by atoms with van der Waals surface area (Å²) in [5.41, 5.74) is 1.10. The summed E-state index contributed by atoms with van der Waals surface area (Å²) in [4.78, 5) is 12.7. The number of anilines is 1. The fourth-order valence-electron chi connectivity index (χ4n) is 2.99. The second-order valence-electron chi connectivity index (χ2n) is 5.84. The van der Waals surface area contributed by atoms with Crippen LogP contribution in [0, 0.1) is 5.41 Å². The van der Waals surface area contributed by atoms with Gasteiger partial charge in [0.05, 0.1) is 12.8 Å². The molecular formula is C21H16N2O3. The minimum Gasteiger partial charge on any atom is -0.495 e. The van der Waals surface area contributed by atoms with Crippen molar-refractivity contribution in [2.24, 2.45) is 0 Å². The number of benzene rings is 3. The van der Waals surface area contributed by atoms with E-state index in [2.05, 4.69) is 5.32 Å². The number of hydrogen-bond donors (Lipinski definition) is 2. The van der Waals surface area contributed by atoms with Crippen LogP contribution in [0.1, 0.15) is 10.4 Å². The highest BCUT2D eigenvalue weighted by Crippen LogP contribution is 2.26. The summed E-state index contributed by atoms with van der Waals surface area (Å²) >= 11 is 0. The van der Waals surface area contributed by atoms with Gasteiger partial charge in [-0.2, -0.15) is 0 Å². The number of methoxy groups -OCH3 is 1. The molecule has 4 aromatic rings. The van der Waals surface area contributed by atoms with Crippen molar-refractivity contribution in [2.75, 3.05) is 12.4 Å². The number of carbonyl (C=O) groups is 1. The number of para-hydroxylation sites is 2. The quantitative estimate of drug-likeness (QED) is 0.543. The van der Waals surface area contributed by atoms with Gasteiger partial charge in [0.25, 0.3) is 5.91 Å². The predicted molar refractivity (Wildman–Crippen MR) is 101 cm³/mol. The number of rotatable bonds is 3. The fourth-order valence-corrected chi connectivity index (χ4v) is 2.99. The van der Waals surface area contributed by atoms with Gasteiger partial charge in [-0.1, -0.05) is 42.5 Å². The number of carbonyl (C=O) groups excluding carboxylic acids is 1. The fraction of sp³-hybridized carbons (Fsp3) is 0.0476. The maximum absolute atomic E-state index is 12.7. The molecule has 1 heterocycles. The van der Waals surface area contributed by atoms with Gasteiger partial charge in [-0.15, -0.1) is 0 Å². The number of amides is 1. The van der Waals surface area contributed by atoms with E-state index in [4.69, 9.17) is 14.6 Å². The molecule has 26 heavy (non-hydrogen) atoms. The lowest BCUT2D eigenvalue weighted by atomic mass is 10.0. The highest BCUT2D eigenvalue weighted by Gasteiger charge is 2.15. The zero-order chi connectivity index (χ0) is 18.1. The Balaban J connectivity index is 1.83. The Morgan fingerprint density at radius 1 is 1.00 bits per heavy atom. The lowest BCUT2D eigenvalue weighted by Crippen LogP contribution is -2.21. The van der Waals surface area contributed by atoms with Gasteiger partial charge in [0, 0.05) is 5.39 Å². The maximum Gasteiger partial charge on any atom is 0.261 e. The maximum atomic E-state index is 12.7. The average molecular weight is 344 g/mol. The van der Waals surface area contributed by atoms with Gasteiger partial charge in [-0.05, 0) is 35.0 Å². The molecular weight excluding hydrogens is 328 g/mol. The molecule has 0 unspecified atom stereocenters. The molecule has 0 spiro atoms. The highest BCUT2D eigenvalue weighted by molar-refractivity contribution is 6.10. The van der Waals surface area contributed by atoms with Gasteiger partial charge in [0.2, 0.25) is 5.55 Å². The van der Waals surface area contributed by atoms with E-state index in [1.807, 2.05) is 42.5 Å². The van der Waals surface area contributed by atoms with Crippen molar-refractivity contribution in [3.05, 3.63) is 77.8 Å². The molecule has 1 aromatic heterocycles. The van der Waals surface area contributed by atoms with Crippen LogP contribution < -0.4 is 15.6 Å². The van der Waals surface area contributed by atoms with E-state index in [-0.39, 0.29) is 11.1 Å². The zero-order valence-electron chi connectivity index (χ0n) is 14.1. The largest absolute Gasteiger partial charge is 0.495 e. The molecule has 0 aliphatic heterocycles. The zero-order valence-corrected chi connectivity index (χ0v) is 14.1. The predicted octanol–water partition coefficient (Wildman–Crippen LogP) is 4.33. The summed E-state index contributed by atoms with van der Waals surface area (Å²) < 4.78 is 10.8. The van der Waals surface area contributed by atoms with E-state index in [9.17, 15) is 4.79 Å². The van der Waals surface area contributed by atoms with E-state index in [0.29, 0.717) is 17.0 Å². The molecule has 5 heteroatoms. The first-order valence-corrected chi connectivity index (χ1v) is 8.12. The van der Waals surface area contributed by atoms with E-state index in [1.165, 1.54) is 0 Å². The Morgan fingerprint density at radius 2 is 1.77 bits per heavy atom. The third-order valence-corrected chi connectivity index (χ3v) is 4.28. The van der Waals surface area contributed by atoms with Crippen LogP contribution >= 0.6 is 0 Å². The molecule has 3 aromatic carbocycles. The SMILES string of the molecule is COc1ccccc1NC(=O)c1cc2c(ccc3ccccc32)oc1=N. The van der Waals surface area contributed by atoms with Crippen LogP contribution in [-0.2, 0) is 0 Å². The summed E-state index contributed by atoms with van der Waals surface area (Å²) in [5, 5.41) is 13.7. The minimum absolute atomic E-state index is 0.166. The van der Waals surface area contributed by atoms with Crippen molar-refractivity contribution < 1.29 is 13.9 Å².